The smallest absolute Gasteiger partial charge is 0.141 e. The summed E-state index contributed by atoms with van der Waals surface area (Å²) in [6.45, 7) is 4.55. The van der Waals surface area contributed by atoms with Crippen molar-refractivity contribution in [3.05, 3.63) is 54.3 Å². The molecule has 0 fully saturated rings. The van der Waals surface area contributed by atoms with Gasteiger partial charge in [0, 0.05) is 17.6 Å². The maximum atomic E-state index is 13.5. The van der Waals surface area contributed by atoms with Crippen LogP contribution in [0.1, 0.15) is 13.8 Å². The van der Waals surface area contributed by atoms with Crippen LogP contribution in [0.5, 0.6) is 0 Å². The van der Waals surface area contributed by atoms with Crippen LogP contribution in [0, 0.1) is 5.82 Å². The van der Waals surface area contributed by atoms with E-state index >= 15 is 0 Å². The molecule has 3 aromatic rings. The van der Waals surface area contributed by atoms with Crippen LogP contribution >= 0.6 is 0 Å². The van der Waals surface area contributed by atoms with Crippen LogP contribution in [0.15, 0.2) is 48.5 Å². The Balaban J connectivity index is 2.24. The van der Waals surface area contributed by atoms with Gasteiger partial charge in [-0.25, -0.2) is 9.37 Å². The molecule has 1 aromatic heterocycles. The molecule has 0 aliphatic carbocycles. The average molecular weight is 283 g/mol. The summed E-state index contributed by atoms with van der Waals surface area (Å²) in [7, 11) is 0. The molecule has 0 atom stereocenters. The van der Waals surface area contributed by atoms with Crippen LogP contribution in [-0.4, -0.2) is 15.1 Å². The first kappa shape index (κ1) is 13.8. The lowest BCUT2D eigenvalue weighted by molar-refractivity contribution is 0.442. The second-order valence-electron chi connectivity index (χ2n) is 6.01. The van der Waals surface area contributed by atoms with Crippen LogP contribution in [0.2, 0.25) is 0 Å². The summed E-state index contributed by atoms with van der Waals surface area (Å²) < 4.78 is 15.6. The lowest BCUT2D eigenvalue weighted by atomic mass is 10.1. The van der Waals surface area contributed by atoms with Crippen molar-refractivity contribution in [2.24, 2.45) is 5.73 Å². The highest BCUT2D eigenvalue weighted by Gasteiger charge is 2.18. The summed E-state index contributed by atoms with van der Waals surface area (Å²) in [4.78, 5) is 4.65. The minimum Gasteiger partial charge on any atom is -0.324 e. The topological polar surface area (TPSA) is 43.8 Å². The number of nitrogens with zero attached hydrogens (tertiary/aromatic N) is 2. The highest BCUT2D eigenvalue weighted by atomic mass is 19.1. The number of para-hydroxylation sites is 2. The number of nitrogens with two attached hydrogens (primary N) is 1. The third-order valence-electron chi connectivity index (χ3n) is 3.30. The minimum absolute atomic E-state index is 0.266. The maximum absolute atomic E-state index is 13.5. The van der Waals surface area contributed by atoms with Gasteiger partial charge in [-0.05, 0) is 38.1 Å². The second kappa shape index (κ2) is 4.97. The Morgan fingerprint density at radius 2 is 1.90 bits per heavy atom. The first-order valence-electron chi connectivity index (χ1n) is 6.94. The zero-order valence-electron chi connectivity index (χ0n) is 12.2. The first-order chi connectivity index (χ1) is 9.94. The fourth-order valence-corrected chi connectivity index (χ4v) is 2.49. The average Bonchev–Trinajstić information content (AvgIpc) is 2.76. The van der Waals surface area contributed by atoms with Crippen LogP contribution in [0.4, 0.5) is 4.39 Å². The van der Waals surface area contributed by atoms with E-state index in [2.05, 4.69) is 9.55 Å². The Morgan fingerprint density at radius 1 is 1.14 bits per heavy atom. The van der Waals surface area contributed by atoms with Gasteiger partial charge in [0.1, 0.15) is 11.6 Å². The molecule has 3 nitrogen and oxygen atoms in total. The number of rotatable bonds is 3. The zero-order chi connectivity index (χ0) is 15.0. The summed E-state index contributed by atoms with van der Waals surface area (Å²) in [5.74, 6) is 0.479. The Labute approximate surface area is 123 Å². The van der Waals surface area contributed by atoms with E-state index in [1.165, 1.54) is 12.1 Å². The SMILES string of the molecule is CC(C)(N)Cn1c(-c2cccc(F)c2)nc2ccccc21. The van der Waals surface area contributed by atoms with E-state index in [1.807, 2.05) is 44.2 Å². The van der Waals surface area contributed by atoms with Crippen molar-refractivity contribution in [2.45, 2.75) is 25.9 Å². The maximum Gasteiger partial charge on any atom is 0.141 e. The predicted molar refractivity (Wildman–Crippen MR) is 83.4 cm³/mol. The minimum atomic E-state index is -0.383. The number of hydrogen-bond acceptors (Lipinski definition) is 2. The highest BCUT2D eigenvalue weighted by molar-refractivity contribution is 5.80. The van der Waals surface area contributed by atoms with Gasteiger partial charge in [0.05, 0.1) is 11.0 Å². The van der Waals surface area contributed by atoms with E-state index in [4.69, 9.17) is 5.73 Å². The van der Waals surface area contributed by atoms with Gasteiger partial charge in [0.2, 0.25) is 0 Å². The molecule has 0 unspecified atom stereocenters. The monoisotopic (exact) mass is 283 g/mol. The molecule has 0 spiro atoms. The molecule has 0 bridgehead atoms. The van der Waals surface area contributed by atoms with E-state index in [0.29, 0.717) is 6.54 Å². The molecule has 0 aliphatic rings. The molecule has 108 valence electrons. The molecule has 21 heavy (non-hydrogen) atoms. The molecule has 0 aliphatic heterocycles. The third kappa shape index (κ3) is 2.81. The number of aromatic nitrogens is 2. The van der Waals surface area contributed by atoms with Gasteiger partial charge in [-0.3, -0.25) is 0 Å². The molecule has 0 saturated carbocycles. The normalized spacial score (nSPS) is 12.0. The van der Waals surface area contributed by atoms with Gasteiger partial charge in [0.15, 0.2) is 0 Å². The van der Waals surface area contributed by atoms with E-state index in [9.17, 15) is 4.39 Å². The molecular weight excluding hydrogens is 265 g/mol. The molecule has 3 rings (SSSR count). The van der Waals surface area contributed by atoms with Crippen molar-refractivity contribution in [1.82, 2.24) is 9.55 Å². The van der Waals surface area contributed by atoms with E-state index in [-0.39, 0.29) is 11.4 Å². The third-order valence-corrected chi connectivity index (χ3v) is 3.30. The first-order valence-corrected chi connectivity index (χ1v) is 6.94. The Kier molecular flexibility index (Phi) is 3.26. The van der Waals surface area contributed by atoms with Gasteiger partial charge in [-0.1, -0.05) is 24.3 Å². The van der Waals surface area contributed by atoms with Gasteiger partial charge >= 0.3 is 0 Å². The van der Waals surface area contributed by atoms with Crippen molar-refractivity contribution >= 4 is 11.0 Å². The van der Waals surface area contributed by atoms with Crippen LogP contribution in [0.25, 0.3) is 22.4 Å². The van der Waals surface area contributed by atoms with E-state index in [0.717, 1.165) is 22.4 Å². The van der Waals surface area contributed by atoms with Gasteiger partial charge in [0.25, 0.3) is 0 Å². The second-order valence-corrected chi connectivity index (χ2v) is 6.01. The highest BCUT2D eigenvalue weighted by Crippen LogP contribution is 2.26. The summed E-state index contributed by atoms with van der Waals surface area (Å²) in [5.41, 5.74) is 8.45. The predicted octanol–water partition coefficient (Wildman–Crippen LogP) is 3.58. The Morgan fingerprint density at radius 3 is 2.62 bits per heavy atom. The largest absolute Gasteiger partial charge is 0.324 e. The number of hydrogen-bond donors (Lipinski definition) is 1. The lowest BCUT2D eigenvalue weighted by Gasteiger charge is -2.21. The van der Waals surface area contributed by atoms with Crippen LogP contribution in [0.3, 0.4) is 0 Å². The van der Waals surface area contributed by atoms with Crippen molar-refractivity contribution in [3.8, 4) is 11.4 Å². The molecule has 0 saturated heterocycles. The number of benzene rings is 2. The molecule has 2 N–H and O–H groups in total. The number of imidazole rings is 1. The van der Waals surface area contributed by atoms with E-state index in [1.54, 1.807) is 6.07 Å². The molecule has 2 aromatic carbocycles. The van der Waals surface area contributed by atoms with Crippen LogP contribution < -0.4 is 5.73 Å². The van der Waals surface area contributed by atoms with Crippen LogP contribution in [-0.2, 0) is 6.54 Å². The van der Waals surface area contributed by atoms with Gasteiger partial charge in [-0.15, -0.1) is 0 Å². The molecule has 4 heteroatoms. The molecule has 0 amide bonds. The molecule has 1 heterocycles. The summed E-state index contributed by atoms with van der Waals surface area (Å²) in [5, 5.41) is 0. The zero-order valence-corrected chi connectivity index (χ0v) is 12.2. The van der Waals surface area contributed by atoms with Crippen molar-refractivity contribution < 1.29 is 4.39 Å². The standard InChI is InChI=1S/C17H18FN3/c1-17(2,19)11-21-15-9-4-3-8-14(15)20-16(21)12-6-5-7-13(18)10-12/h3-10H,11,19H2,1-2H3. The van der Waals surface area contributed by atoms with Crippen molar-refractivity contribution in [2.75, 3.05) is 0 Å². The summed E-state index contributed by atoms with van der Waals surface area (Å²) >= 11 is 0. The summed E-state index contributed by atoms with van der Waals surface area (Å²) in [6.07, 6.45) is 0. The van der Waals surface area contributed by atoms with Gasteiger partial charge < -0.3 is 10.3 Å². The Hall–Kier alpha value is -2.20. The summed E-state index contributed by atoms with van der Waals surface area (Å²) in [6, 6.07) is 14.4. The number of fused-ring (bicyclic) bond motifs is 1. The van der Waals surface area contributed by atoms with Crippen molar-refractivity contribution in [1.29, 1.82) is 0 Å². The van der Waals surface area contributed by atoms with Crippen molar-refractivity contribution in [3.63, 3.8) is 0 Å². The van der Waals surface area contributed by atoms with E-state index < -0.39 is 0 Å². The number of halogens is 1. The molecular formula is C17H18FN3. The lowest BCUT2D eigenvalue weighted by Crippen LogP contribution is -2.37. The Bertz CT molecular complexity index is 784. The molecule has 0 radical (unpaired) electrons. The fourth-order valence-electron chi connectivity index (χ4n) is 2.49. The quantitative estimate of drug-likeness (QED) is 0.798. The van der Waals surface area contributed by atoms with Gasteiger partial charge in [-0.2, -0.15) is 0 Å². The fraction of sp³-hybridized carbons (Fsp3) is 0.235.